The van der Waals surface area contributed by atoms with Gasteiger partial charge in [0.15, 0.2) is 0 Å². The van der Waals surface area contributed by atoms with Crippen LogP contribution in [0, 0.1) is 0 Å². The van der Waals surface area contributed by atoms with Gasteiger partial charge in [0.2, 0.25) is 0 Å². The van der Waals surface area contributed by atoms with E-state index in [2.05, 4.69) is 24.3 Å². The molecule has 2 rings (SSSR count). The van der Waals surface area contributed by atoms with Gasteiger partial charge in [0.25, 0.3) is 0 Å². The third kappa shape index (κ3) is 2.76. The van der Waals surface area contributed by atoms with Gasteiger partial charge in [0.05, 0.1) is 5.60 Å². The molecule has 0 spiro atoms. The third-order valence-electron chi connectivity index (χ3n) is 4.16. The predicted molar refractivity (Wildman–Crippen MR) is 75.6 cm³/mol. The van der Waals surface area contributed by atoms with Gasteiger partial charge in [-0.1, -0.05) is 37.1 Å². The third-order valence-corrected chi connectivity index (χ3v) is 4.16. The number of aliphatic hydroxyl groups is 1. The molecule has 0 amide bonds. The average Bonchev–Trinajstić information content (AvgIpc) is 2.77. The molecular formula is C16H25NO. The molecule has 3 N–H and O–H groups in total. The maximum absolute atomic E-state index is 10.1. The summed E-state index contributed by atoms with van der Waals surface area (Å²) in [7, 11) is 0. The standard InChI is InChI=1S/C16H25NO/c1-15(2,18)11-13-7-3-4-8-14(13)16(12-17)9-5-6-10-16/h3-4,7-8,18H,5-6,9-12,17H2,1-2H3. The van der Waals surface area contributed by atoms with Gasteiger partial charge in [-0.3, -0.25) is 0 Å². The van der Waals surface area contributed by atoms with E-state index >= 15 is 0 Å². The van der Waals surface area contributed by atoms with Gasteiger partial charge in [-0.05, 0) is 37.8 Å². The summed E-state index contributed by atoms with van der Waals surface area (Å²) in [4.78, 5) is 0. The van der Waals surface area contributed by atoms with Crippen LogP contribution >= 0.6 is 0 Å². The molecule has 1 aromatic rings. The molecule has 1 saturated carbocycles. The second-order valence-electron chi connectivity index (χ2n) is 6.34. The first-order valence-corrected chi connectivity index (χ1v) is 6.98. The first-order chi connectivity index (χ1) is 8.47. The van der Waals surface area contributed by atoms with Gasteiger partial charge < -0.3 is 10.8 Å². The minimum absolute atomic E-state index is 0.155. The summed E-state index contributed by atoms with van der Waals surface area (Å²) in [5, 5.41) is 10.1. The summed E-state index contributed by atoms with van der Waals surface area (Å²) in [6, 6.07) is 8.50. The van der Waals surface area contributed by atoms with E-state index in [1.165, 1.54) is 36.8 Å². The van der Waals surface area contributed by atoms with E-state index in [-0.39, 0.29) is 5.41 Å². The Kier molecular flexibility index (Phi) is 3.79. The number of rotatable bonds is 4. The van der Waals surface area contributed by atoms with E-state index in [1.54, 1.807) is 0 Å². The van der Waals surface area contributed by atoms with Crippen LogP contribution in [-0.2, 0) is 11.8 Å². The molecule has 0 radical (unpaired) electrons. The van der Waals surface area contributed by atoms with Gasteiger partial charge in [-0.2, -0.15) is 0 Å². The summed E-state index contributed by atoms with van der Waals surface area (Å²) < 4.78 is 0. The molecule has 0 unspecified atom stereocenters. The monoisotopic (exact) mass is 247 g/mol. The van der Waals surface area contributed by atoms with Crippen LogP contribution < -0.4 is 5.73 Å². The van der Waals surface area contributed by atoms with E-state index in [1.807, 2.05) is 13.8 Å². The summed E-state index contributed by atoms with van der Waals surface area (Å²) in [6.07, 6.45) is 5.62. The molecule has 0 aromatic heterocycles. The molecule has 1 fully saturated rings. The summed E-state index contributed by atoms with van der Waals surface area (Å²) in [5.41, 5.74) is 8.19. The highest BCUT2D eigenvalue weighted by Gasteiger charge is 2.36. The van der Waals surface area contributed by atoms with Gasteiger partial charge in [-0.15, -0.1) is 0 Å². The number of nitrogens with two attached hydrogens (primary N) is 1. The van der Waals surface area contributed by atoms with E-state index in [0.29, 0.717) is 6.42 Å². The van der Waals surface area contributed by atoms with Crippen molar-refractivity contribution in [2.24, 2.45) is 5.73 Å². The molecule has 0 bridgehead atoms. The minimum Gasteiger partial charge on any atom is -0.390 e. The van der Waals surface area contributed by atoms with Crippen molar-refractivity contribution >= 4 is 0 Å². The van der Waals surface area contributed by atoms with E-state index in [9.17, 15) is 5.11 Å². The smallest absolute Gasteiger partial charge is 0.0632 e. The fraction of sp³-hybridized carbons (Fsp3) is 0.625. The highest BCUT2D eigenvalue weighted by Crippen LogP contribution is 2.42. The molecule has 1 aliphatic carbocycles. The van der Waals surface area contributed by atoms with Crippen molar-refractivity contribution in [1.82, 2.24) is 0 Å². The summed E-state index contributed by atoms with van der Waals surface area (Å²) in [5.74, 6) is 0. The highest BCUT2D eigenvalue weighted by atomic mass is 16.3. The normalized spacial score (nSPS) is 19.1. The van der Waals surface area contributed by atoms with Crippen molar-refractivity contribution in [1.29, 1.82) is 0 Å². The Morgan fingerprint density at radius 3 is 2.39 bits per heavy atom. The SMILES string of the molecule is CC(C)(O)Cc1ccccc1C1(CN)CCCC1. The molecule has 0 atom stereocenters. The summed E-state index contributed by atoms with van der Waals surface area (Å²) >= 11 is 0. The van der Waals surface area contributed by atoms with Crippen LogP contribution in [0.2, 0.25) is 0 Å². The Bertz CT molecular complexity index is 400. The average molecular weight is 247 g/mol. The van der Waals surface area contributed by atoms with Crippen LogP contribution in [0.5, 0.6) is 0 Å². The largest absolute Gasteiger partial charge is 0.390 e. The van der Waals surface area contributed by atoms with E-state index < -0.39 is 5.60 Å². The number of hydrogen-bond donors (Lipinski definition) is 2. The molecule has 1 aromatic carbocycles. The van der Waals surface area contributed by atoms with Crippen LogP contribution in [0.4, 0.5) is 0 Å². The zero-order valence-corrected chi connectivity index (χ0v) is 11.6. The molecule has 2 nitrogen and oxygen atoms in total. The van der Waals surface area contributed by atoms with Crippen molar-refractivity contribution in [3.8, 4) is 0 Å². The van der Waals surface area contributed by atoms with Crippen LogP contribution in [0.15, 0.2) is 24.3 Å². The lowest BCUT2D eigenvalue weighted by Crippen LogP contribution is -2.34. The Labute approximate surface area is 110 Å². The second kappa shape index (κ2) is 5.02. The maximum atomic E-state index is 10.1. The molecule has 0 saturated heterocycles. The lowest BCUT2D eigenvalue weighted by Gasteiger charge is -2.31. The molecule has 0 heterocycles. The van der Waals surface area contributed by atoms with Crippen LogP contribution in [0.3, 0.4) is 0 Å². The van der Waals surface area contributed by atoms with Crippen LogP contribution in [0.25, 0.3) is 0 Å². The van der Waals surface area contributed by atoms with Crippen molar-refractivity contribution in [3.63, 3.8) is 0 Å². The van der Waals surface area contributed by atoms with Crippen molar-refractivity contribution in [2.75, 3.05) is 6.54 Å². The number of hydrogen-bond acceptors (Lipinski definition) is 2. The van der Waals surface area contributed by atoms with Gasteiger partial charge in [0.1, 0.15) is 0 Å². The van der Waals surface area contributed by atoms with Gasteiger partial charge in [0, 0.05) is 18.4 Å². The Morgan fingerprint density at radius 2 is 1.83 bits per heavy atom. The van der Waals surface area contributed by atoms with Crippen molar-refractivity contribution < 1.29 is 5.11 Å². The first-order valence-electron chi connectivity index (χ1n) is 6.98. The van der Waals surface area contributed by atoms with E-state index in [0.717, 1.165) is 6.54 Å². The number of benzene rings is 1. The van der Waals surface area contributed by atoms with E-state index in [4.69, 9.17) is 5.73 Å². The molecule has 2 heteroatoms. The Hall–Kier alpha value is -0.860. The first kappa shape index (κ1) is 13.6. The van der Waals surface area contributed by atoms with Gasteiger partial charge in [-0.25, -0.2) is 0 Å². The van der Waals surface area contributed by atoms with Crippen LogP contribution in [0.1, 0.15) is 50.7 Å². The fourth-order valence-corrected chi connectivity index (χ4v) is 3.29. The van der Waals surface area contributed by atoms with Crippen LogP contribution in [-0.4, -0.2) is 17.3 Å². The lowest BCUT2D eigenvalue weighted by molar-refractivity contribution is 0.0804. The Balaban J connectivity index is 2.37. The van der Waals surface area contributed by atoms with Crippen molar-refractivity contribution in [2.45, 2.75) is 57.0 Å². The zero-order chi connectivity index (χ0) is 13.2. The van der Waals surface area contributed by atoms with Crippen molar-refractivity contribution in [3.05, 3.63) is 35.4 Å². The quantitative estimate of drug-likeness (QED) is 0.859. The highest BCUT2D eigenvalue weighted by molar-refractivity contribution is 5.36. The topological polar surface area (TPSA) is 46.2 Å². The molecule has 18 heavy (non-hydrogen) atoms. The zero-order valence-electron chi connectivity index (χ0n) is 11.6. The lowest BCUT2D eigenvalue weighted by atomic mass is 9.75. The minimum atomic E-state index is -0.662. The molecule has 0 aliphatic heterocycles. The fourth-order valence-electron chi connectivity index (χ4n) is 3.29. The Morgan fingerprint density at radius 1 is 1.22 bits per heavy atom. The molecule has 100 valence electrons. The second-order valence-corrected chi connectivity index (χ2v) is 6.34. The predicted octanol–water partition coefficient (Wildman–Crippen LogP) is 2.77. The van der Waals surface area contributed by atoms with Gasteiger partial charge >= 0.3 is 0 Å². The molecule has 1 aliphatic rings. The maximum Gasteiger partial charge on any atom is 0.0632 e. The summed E-state index contributed by atoms with van der Waals surface area (Å²) in [6.45, 7) is 4.46. The molecular weight excluding hydrogens is 222 g/mol.